The molecule has 0 aromatic heterocycles. The van der Waals surface area contributed by atoms with E-state index in [9.17, 15) is 14.0 Å². The van der Waals surface area contributed by atoms with E-state index < -0.39 is 23.2 Å². The molecule has 4 nitrogen and oxygen atoms in total. The van der Waals surface area contributed by atoms with Crippen molar-refractivity contribution in [3.8, 4) is 0 Å². The van der Waals surface area contributed by atoms with Gasteiger partial charge in [-0.3, -0.25) is 4.79 Å². The second kappa shape index (κ2) is 6.32. The Morgan fingerprint density at radius 1 is 1.40 bits per heavy atom. The molecule has 1 amide bonds. The van der Waals surface area contributed by atoms with Crippen molar-refractivity contribution in [2.75, 3.05) is 0 Å². The first-order valence-electron chi connectivity index (χ1n) is 6.28. The molecule has 108 valence electrons. The van der Waals surface area contributed by atoms with Crippen molar-refractivity contribution in [2.24, 2.45) is 0 Å². The van der Waals surface area contributed by atoms with Crippen molar-refractivity contribution < 1.29 is 19.1 Å². The van der Waals surface area contributed by atoms with Crippen LogP contribution in [0.4, 0.5) is 4.39 Å². The van der Waals surface area contributed by atoms with Gasteiger partial charge in [0.1, 0.15) is 5.82 Å². The fraction of sp³-hybridized carbons (Fsp3) is 0.333. The Morgan fingerprint density at radius 3 is 2.60 bits per heavy atom. The Morgan fingerprint density at radius 2 is 2.05 bits per heavy atom. The minimum absolute atomic E-state index is 0.0981. The topological polar surface area (TPSA) is 66.4 Å². The maximum absolute atomic E-state index is 13.7. The van der Waals surface area contributed by atoms with E-state index >= 15 is 0 Å². The molecule has 0 heterocycles. The van der Waals surface area contributed by atoms with Gasteiger partial charge in [-0.15, -0.1) is 0 Å². The molecule has 0 radical (unpaired) electrons. The Hall–Kier alpha value is -2.17. The average Bonchev–Trinajstić information content (AvgIpc) is 2.37. The van der Waals surface area contributed by atoms with Crippen LogP contribution >= 0.6 is 0 Å². The Labute approximate surface area is 117 Å². The molecule has 1 aromatic rings. The molecule has 0 aliphatic heterocycles. The number of carbonyl (C=O) groups excluding carboxylic acids is 1. The van der Waals surface area contributed by atoms with Crippen LogP contribution in [0.25, 0.3) is 6.08 Å². The van der Waals surface area contributed by atoms with E-state index in [1.54, 1.807) is 0 Å². The number of carboxylic acids is 1. The molecule has 0 aliphatic carbocycles. The summed E-state index contributed by atoms with van der Waals surface area (Å²) in [4.78, 5) is 22.5. The largest absolute Gasteiger partial charge is 0.478 e. The van der Waals surface area contributed by atoms with E-state index in [0.29, 0.717) is 12.0 Å². The van der Waals surface area contributed by atoms with Crippen LogP contribution in [-0.4, -0.2) is 22.5 Å². The molecule has 2 N–H and O–H groups in total. The summed E-state index contributed by atoms with van der Waals surface area (Å²) in [6.07, 6.45) is 2.95. The summed E-state index contributed by atoms with van der Waals surface area (Å²) in [5.41, 5.74) is -0.0801. The molecule has 5 heteroatoms. The SMILES string of the molecule is CCC(C)(C)NC(=O)c1cc(C=CC(=O)O)ccc1F. The maximum atomic E-state index is 13.7. The number of nitrogens with one attached hydrogen (secondary N) is 1. The summed E-state index contributed by atoms with van der Waals surface area (Å²) >= 11 is 0. The first kappa shape index (κ1) is 15.9. The molecule has 0 saturated carbocycles. The molecule has 0 aliphatic rings. The van der Waals surface area contributed by atoms with E-state index in [2.05, 4.69) is 5.32 Å². The van der Waals surface area contributed by atoms with E-state index in [0.717, 1.165) is 12.1 Å². The monoisotopic (exact) mass is 279 g/mol. The highest BCUT2D eigenvalue weighted by atomic mass is 19.1. The lowest BCUT2D eigenvalue weighted by Gasteiger charge is -2.24. The van der Waals surface area contributed by atoms with Crippen LogP contribution in [0.2, 0.25) is 0 Å². The highest BCUT2D eigenvalue weighted by Gasteiger charge is 2.21. The van der Waals surface area contributed by atoms with Gasteiger partial charge in [0.05, 0.1) is 5.56 Å². The van der Waals surface area contributed by atoms with Gasteiger partial charge in [0.25, 0.3) is 5.91 Å². The number of halogens is 1. The fourth-order valence-corrected chi connectivity index (χ4v) is 1.45. The van der Waals surface area contributed by atoms with Gasteiger partial charge in [-0.2, -0.15) is 0 Å². The smallest absolute Gasteiger partial charge is 0.328 e. The Kier molecular flexibility index (Phi) is 5.02. The standard InChI is InChI=1S/C15H18FNO3/c1-4-15(2,3)17-14(20)11-9-10(5-7-12(11)16)6-8-13(18)19/h5-9H,4H2,1-3H3,(H,17,20)(H,18,19). The van der Waals surface area contributed by atoms with Crippen LogP contribution in [0, 0.1) is 5.82 Å². The van der Waals surface area contributed by atoms with Crippen LogP contribution in [-0.2, 0) is 4.79 Å². The number of hydrogen-bond donors (Lipinski definition) is 2. The zero-order valence-corrected chi connectivity index (χ0v) is 11.7. The van der Waals surface area contributed by atoms with Gasteiger partial charge in [-0.1, -0.05) is 13.0 Å². The van der Waals surface area contributed by atoms with Crippen molar-refractivity contribution in [1.82, 2.24) is 5.32 Å². The lowest BCUT2D eigenvalue weighted by Crippen LogP contribution is -2.43. The van der Waals surface area contributed by atoms with Gasteiger partial charge < -0.3 is 10.4 Å². The molecular formula is C15H18FNO3. The normalized spacial score (nSPS) is 11.6. The third-order valence-corrected chi connectivity index (χ3v) is 2.99. The number of carboxylic acid groups (broad SMARTS) is 1. The van der Waals surface area contributed by atoms with E-state index in [-0.39, 0.29) is 5.56 Å². The minimum atomic E-state index is -1.10. The first-order valence-corrected chi connectivity index (χ1v) is 6.28. The predicted molar refractivity (Wildman–Crippen MR) is 74.9 cm³/mol. The molecule has 0 unspecified atom stereocenters. The maximum Gasteiger partial charge on any atom is 0.328 e. The van der Waals surface area contributed by atoms with Crippen LogP contribution in [0.1, 0.15) is 43.1 Å². The van der Waals surface area contributed by atoms with E-state index in [4.69, 9.17) is 5.11 Å². The number of aliphatic carboxylic acids is 1. The average molecular weight is 279 g/mol. The van der Waals surface area contributed by atoms with Gasteiger partial charge in [-0.25, -0.2) is 9.18 Å². The van der Waals surface area contributed by atoms with Gasteiger partial charge in [0, 0.05) is 11.6 Å². The van der Waals surface area contributed by atoms with Crippen molar-refractivity contribution in [3.63, 3.8) is 0 Å². The zero-order valence-electron chi connectivity index (χ0n) is 11.7. The number of carbonyl (C=O) groups is 2. The van der Waals surface area contributed by atoms with Gasteiger partial charge in [0.2, 0.25) is 0 Å². The van der Waals surface area contributed by atoms with Gasteiger partial charge in [-0.05, 0) is 44.0 Å². The summed E-state index contributed by atoms with van der Waals surface area (Å²) in [5.74, 6) is -2.26. The van der Waals surface area contributed by atoms with Crippen LogP contribution in [0.15, 0.2) is 24.3 Å². The highest BCUT2D eigenvalue weighted by Crippen LogP contribution is 2.15. The fourth-order valence-electron chi connectivity index (χ4n) is 1.45. The molecule has 1 aromatic carbocycles. The predicted octanol–water partition coefficient (Wildman–Crippen LogP) is 2.84. The van der Waals surface area contributed by atoms with Gasteiger partial charge >= 0.3 is 5.97 Å². The molecule has 0 fully saturated rings. The Balaban J connectivity index is 3.02. The van der Waals surface area contributed by atoms with Gasteiger partial charge in [0.15, 0.2) is 0 Å². The summed E-state index contributed by atoms with van der Waals surface area (Å²) in [5, 5.41) is 11.3. The zero-order chi connectivity index (χ0) is 15.3. The lowest BCUT2D eigenvalue weighted by atomic mass is 10.0. The van der Waals surface area contributed by atoms with Crippen molar-refractivity contribution in [3.05, 3.63) is 41.2 Å². The summed E-state index contributed by atoms with van der Waals surface area (Å²) in [7, 11) is 0. The number of hydrogen-bond acceptors (Lipinski definition) is 2. The highest BCUT2D eigenvalue weighted by molar-refractivity contribution is 5.95. The molecular weight excluding hydrogens is 261 g/mol. The van der Waals surface area contributed by atoms with Crippen LogP contribution < -0.4 is 5.32 Å². The second-order valence-corrected chi connectivity index (χ2v) is 5.10. The molecule has 20 heavy (non-hydrogen) atoms. The molecule has 0 atom stereocenters. The number of benzene rings is 1. The summed E-state index contributed by atoms with van der Waals surface area (Å²) in [6.45, 7) is 5.61. The van der Waals surface area contributed by atoms with E-state index in [1.165, 1.54) is 18.2 Å². The number of amides is 1. The summed E-state index contributed by atoms with van der Waals surface area (Å²) < 4.78 is 13.7. The quantitative estimate of drug-likeness (QED) is 0.814. The Bertz CT molecular complexity index is 550. The summed E-state index contributed by atoms with van der Waals surface area (Å²) in [6, 6.07) is 3.89. The third kappa shape index (κ3) is 4.50. The lowest BCUT2D eigenvalue weighted by molar-refractivity contribution is -0.131. The van der Waals surface area contributed by atoms with Crippen molar-refractivity contribution >= 4 is 18.0 Å². The first-order chi connectivity index (χ1) is 9.25. The van der Waals surface area contributed by atoms with Crippen molar-refractivity contribution in [1.29, 1.82) is 0 Å². The third-order valence-electron chi connectivity index (χ3n) is 2.99. The van der Waals surface area contributed by atoms with Crippen molar-refractivity contribution in [2.45, 2.75) is 32.7 Å². The minimum Gasteiger partial charge on any atom is -0.478 e. The number of rotatable bonds is 5. The van der Waals surface area contributed by atoms with Crippen LogP contribution in [0.5, 0.6) is 0 Å². The molecule has 0 bridgehead atoms. The van der Waals surface area contributed by atoms with E-state index in [1.807, 2.05) is 20.8 Å². The molecule has 0 saturated heterocycles. The molecule has 0 spiro atoms. The molecule has 1 rings (SSSR count). The van der Waals surface area contributed by atoms with Crippen LogP contribution in [0.3, 0.4) is 0 Å². The second-order valence-electron chi connectivity index (χ2n) is 5.10.